The lowest BCUT2D eigenvalue weighted by molar-refractivity contribution is 0.0517. The summed E-state index contributed by atoms with van der Waals surface area (Å²) in [5.41, 5.74) is 2.13. The number of imidazole rings is 1. The Kier molecular flexibility index (Phi) is 3.92. The molecule has 0 spiro atoms. The van der Waals surface area contributed by atoms with Crippen LogP contribution in [-0.4, -0.2) is 27.2 Å². The molecule has 0 aliphatic rings. The minimum absolute atomic E-state index is 0.237. The first kappa shape index (κ1) is 15.0. The molecule has 7 heteroatoms. The molecule has 3 rings (SSSR count). The first-order valence-corrected chi connectivity index (χ1v) is 7.13. The molecule has 0 fully saturated rings. The van der Waals surface area contributed by atoms with Crippen LogP contribution in [0.15, 0.2) is 36.5 Å². The van der Waals surface area contributed by atoms with E-state index in [9.17, 15) is 9.18 Å². The molecular formula is C16H15FN4O2. The number of anilines is 2. The number of aryl methyl sites for hydroxylation is 1. The van der Waals surface area contributed by atoms with Gasteiger partial charge in [0.2, 0.25) is 0 Å². The normalized spacial score (nSPS) is 10.7. The highest BCUT2D eigenvalue weighted by atomic mass is 19.1. The average molecular weight is 314 g/mol. The van der Waals surface area contributed by atoms with Gasteiger partial charge in [-0.3, -0.25) is 0 Å². The van der Waals surface area contributed by atoms with E-state index in [0.717, 1.165) is 5.56 Å². The number of rotatable bonds is 4. The number of halogens is 1. The fourth-order valence-electron chi connectivity index (χ4n) is 2.24. The standard InChI is InChI=1S/C16H15FN4O2/c1-3-23-16(22)13-9-18-15-5-4-14(20-21(13)15)19-12-7-10(2)6-11(17)8-12/h4-9H,3H2,1-2H3,(H,19,20). The summed E-state index contributed by atoms with van der Waals surface area (Å²) in [5.74, 6) is -0.360. The van der Waals surface area contributed by atoms with E-state index in [1.807, 2.05) is 0 Å². The Balaban J connectivity index is 1.95. The lowest BCUT2D eigenvalue weighted by Gasteiger charge is -2.08. The molecule has 0 saturated carbocycles. The van der Waals surface area contributed by atoms with Gasteiger partial charge in [0.15, 0.2) is 17.2 Å². The number of aromatic nitrogens is 3. The van der Waals surface area contributed by atoms with Gasteiger partial charge in [0.1, 0.15) is 5.82 Å². The number of hydrogen-bond donors (Lipinski definition) is 1. The Hall–Kier alpha value is -2.96. The van der Waals surface area contributed by atoms with Crippen molar-refractivity contribution in [2.45, 2.75) is 13.8 Å². The first-order valence-electron chi connectivity index (χ1n) is 7.13. The summed E-state index contributed by atoms with van der Waals surface area (Å²) in [7, 11) is 0. The quantitative estimate of drug-likeness (QED) is 0.749. The van der Waals surface area contributed by atoms with E-state index in [4.69, 9.17) is 4.74 Å². The van der Waals surface area contributed by atoms with E-state index in [0.29, 0.717) is 17.2 Å². The zero-order valence-electron chi connectivity index (χ0n) is 12.7. The Morgan fingerprint density at radius 1 is 1.35 bits per heavy atom. The topological polar surface area (TPSA) is 68.5 Å². The Morgan fingerprint density at radius 2 is 2.17 bits per heavy atom. The van der Waals surface area contributed by atoms with Crippen LogP contribution < -0.4 is 5.32 Å². The number of carbonyl (C=O) groups excluding carboxylic acids is 1. The third-order valence-electron chi connectivity index (χ3n) is 3.16. The van der Waals surface area contributed by atoms with E-state index in [2.05, 4.69) is 15.4 Å². The second-order valence-corrected chi connectivity index (χ2v) is 4.99. The number of nitrogens with zero attached hydrogens (tertiary/aromatic N) is 3. The zero-order valence-corrected chi connectivity index (χ0v) is 12.7. The SMILES string of the molecule is CCOC(=O)c1cnc2ccc(Nc3cc(C)cc(F)c3)nn12. The van der Waals surface area contributed by atoms with E-state index < -0.39 is 5.97 Å². The highest BCUT2D eigenvalue weighted by Gasteiger charge is 2.14. The summed E-state index contributed by atoms with van der Waals surface area (Å²) < 4.78 is 19.8. The molecule has 118 valence electrons. The fourth-order valence-corrected chi connectivity index (χ4v) is 2.24. The van der Waals surface area contributed by atoms with Crippen LogP contribution >= 0.6 is 0 Å². The Labute approximate surface area is 131 Å². The number of esters is 1. The molecule has 6 nitrogen and oxygen atoms in total. The monoisotopic (exact) mass is 314 g/mol. The summed E-state index contributed by atoms with van der Waals surface area (Å²) in [6.07, 6.45) is 1.41. The van der Waals surface area contributed by atoms with Crippen molar-refractivity contribution in [3.05, 3.63) is 53.6 Å². The molecule has 0 atom stereocenters. The van der Waals surface area contributed by atoms with Gasteiger partial charge in [-0.25, -0.2) is 18.7 Å². The Morgan fingerprint density at radius 3 is 2.91 bits per heavy atom. The van der Waals surface area contributed by atoms with E-state index in [-0.39, 0.29) is 18.1 Å². The van der Waals surface area contributed by atoms with Crippen LogP contribution in [0.5, 0.6) is 0 Å². The summed E-state index contributed by atoms with van der Waals surface area (Å²) in [6.45, 7) is 3.81. The van der Waals surface area contributed by atoms with Crippen molar-refractivity contribution in [1.29, 1.82) is 0 Å². The van der Waals surface area contributed by atoms with Gasteiger partial charge in [-0.1, -0.05) is 0 Å². The van der Waals surface area contributed by atoms with Gasteiger partial charge in [0.05, 0.1) is 12.8 Å². The minimum atomic E-state index is -0.494. The third-order valence-corrected chi connectivity index (χ3v) is 3.16. The summed E-state index contributed by atoms with van der Waals surface area (Å²) in [4.78, 5) is 16.0. The van der Waals surface area contributed by atoms with E-state index >= 15 is 0 Å². The van der Waals surface area contributed by atoms with Crippen molar-refractivity contribution < 1.29 is 13.9 Å². The van der Waals surface area contributed by atoms with Crippen molar-refractivity contribution >= 4 is 23.1 Å². The number of carbonyl (C=O) groups is 1. The van der Waals surface area contributed by atoms with Crippen LogP contribution in [-0.2, 0) is 4.74 Å². The van der Waals surface area contributed by atoms with Crippen LogP contribution in [0.25, 0.3) is 5.65 Å². The van der Waals surface area contributed by atoms with E-state index in [1.165, 1.54) is 22.8 Å². The smallest absolute Gasteiger partial charge is 0.358 e. The van der Waals surface area contributed by atoms with Crippen LogP contribution in [0.3, 0.4) is 0 Å². The number of ether oxygens (including phenoxy) is 1. The number of fused-ring (bicyclic) bond motifs is 1. The second kappa shape index (κ2) is 6.04. The molecule has 0 unspecified atom stereocenters. The van der Waals surface area contributed by atoms with Gasteiger partial charge < -0.3 is 10.1 Å². The fraction of sp³-hybridized carbons (Fsp3) is 0.188. The van der Waals surface area contributed by atoms with Gasteiger partial charge in [-0.05, 0) is 49.7 Å². The largest absolute Gasteiger partial charge is 0.461 e. The minimum Gasteiger partial charge on any atom is -0.461 e. The molecule has 1 N–H and O–H groups in total. The molecule has 3 aromatic rings. The molecule has 0 saturated heterocycles. The lowest BCUT2D eigenvalue weighted by Crippen LogP contribution is -2.10. The molecule has 23 heavy (non-hydrogen) atoms. The van der Waals surface area contributed by atoms with Crippen molar-refractivity contribution in [2.75, 3.05) is 11.9 Å². The maximum Gasteiger partial charge on any atom is 0.358 e. The molecule has 0 bridgehead atoms. The van der Waals surface area contributed by atoms with Gasteiger partial charge in [0, 0.05) is 5.69 Å². The molecule has 0 aliphatic heterocycles. The summed E-state index contributed by atoms with van der Waals surface area (Å²) in [5, 5.41) is 7.33. The summed E-state index contributed by atoms with van der Waals surface area (Å²) in [6, 6.07) is 8.03. The molecule has 2 aromatic heterocycles. The number of benzene rings is 1. The first-order chi connectivity index (χ1) is 11.1. The molecule has 0 radical (unpaired) electrons. The average Bonchev–Trinajstić information content (AvgIpc) is 2.89. The third kappa shape index (κ3) is 3.13. The number of hydrogen-bond acceptors (Lipinski definition) is 5. The van der Waals surface area contributed by atoms with Crippen molar-refractivity contribution in [1.82, 2.24) is 14.6 Å². The number of nitrogens with one attached hydrogen (secondary N) is 1. The molecule has 1 aromatic carbocycles. The van der Waals surface area contributed by atoms with Crippen LogP contribution in [0.1, 0.15) is 23.0 Å². The zero-order chi connectivity index (χ0) is 16.4. The van der Waals surface area contributed by atoms with Gasteiger partial charge in [0.25, 0.3) is 0 Å². The molecule has 0 aliphatic carbocycles. The predicted molar refractivity (Wildman–Crippen MR) is 83.4 cm³/mol. The van der Waals surface area contributed by atoms with Crippen molar-refractivity contribution in [3.8, 4) is 0 Å². The molecule has 0 amide bonds. The predicted octanol–water partition coefficient (Wildman–Crippen LogP) is 3.10. The maximum atomic E-state index is 13.5. The molecule has 2 heterocycles. The second-order valence-electron chi connectivity index (χ2n) is 4.99. The Bertz CT molecular complexity index is 855. The highest BCUT2D eigenvalue weighted by molar-refractivity contribution is 5.88. The van der Waals surface area contributed by atoms with Crippen LogP contribution in [0.2, 0.25) is 0 Å². The summed E-state index contributed by atoms with van der Waals surface area (Å²) >= 11 is 0. The van der Waals surface area contributed by atoms with E-state index in [1.54, 1.807) is 32.0 Å². The highest BCUT2D eigenvalue weighted by Crippen LogP contribution is 2.18. The maximum absolute atomic E-state index is 13.5. The van der Waals surface area contributed by atoms with Crippen LogP contribution in [0.4, 0.5) is 15.9 Å². The van der Waals surface area contributed by atoms with Gasteiger partial charge >= 0.3 is 5.97 Å². The lowest BCUT2D eigenvalue weighted by atomic mass is 10.2. The van der Waals surface area contributed by atoms with Crippen LogP contribution in [0, 0.1) is 12.7 Å². The molecular weight excluding hydrogens is 299 g/mol. The van der Waals surface area contributed by atoms with Crippen molar-refractivity contribution in [3.63, 3.8) is 0 Å². The van der Waals surface area contributed by atoms with Gasteiger partial charge in [-0.2, -0.15) is 0 Å². The van der Waals surface area contributed by atoms with Crippen molar-refractivity contribution in [2.24, 2.45) is 0 Å². The van der Waals surface area contributed by atoms with Gasteiger partial charge in [-0.15, -0.1) is 5.10 Å².